The molecule has 0 aromatic heterocycles. The molecule has 0 atom stereocenters. The molecule has 0 fully saturated rings. The minimum Gasteiger partial charge on any atom is -0.343 e. The molecule has 132 valence electrons. The second kappa shape index (κ2) is 7.57. The van der Waals surface area contributed by atoms with Crippen LogP contribution in [0.15, 0.2) is 42.5 Å². The van der Waals surface area contributed by atoms with Crippen LogP contribution in [0.1, 0.15) is 21.5 Å². The summed E-state index contributed by atoms with van der Waals surface area (Å²) in [7, 11) is 0. The monoisotopic (exact) mass is 370 g/mol. The number of aryl methyl sites for hydroxylation is 1. The Bertz CT molecular complexity index is 807. The normalized spacial score (nSPS) is 11.1. The third-order valence-electron chi connectivity index (χ3n) is 3.37. The van der Waals surface area contributed by atoms with Crippen molar-refractivity contribution in [1.82, 2.24) is 5.32 Å². The Morgan fingerprint density at radius 1 is 1.12 bits per heavy atom. The Balaban J connectivity index is 2.01. The molecule has 0 unspecified atom stereocenters. The maximum atomic E-state index is 12.7. The number of halogens is 4. The van der Waals surface area contributed by atoms with Gasteiger partial charge in [0.15, 0.2) is 0 Å². The smallest absolute Gasteiger partial charge is 0.343 e. The van der Waals surface area contributed by atoms with Gasteiger partial charge in [-0.1, -0.05) is 29.8 Å². The van der Waals surface area contributed by atoms with Gasteiger partial charge in [0, 0.05) is 5.56 Å². The number of hydrogen-bond acceptors (Lipinski definition) is 2. The van der Waals surface area contributed by atoms with Crippen LogP contribution in [-0.4, -0.2) is 18.4 Å². The number of nitrogens with one attached hydrogen (secondary N) is 2. The summed E-state index contributed by atoms with van der Waals surface area (Å²) in [5.41, 5.74) is 0.0384. The van der Waals surface area contributed by atoms with E-state index in [9.17, 15) is 22.8 Å². The van der Waals surface area contributed by atoms with Crippen molar-refractivity contribution in [3.8, 4) is 0 Å². The van der Waals surface area contributed by atoms with Crippen molar-refractivity contribution in [3.05, 3.63) is 64.2 Å². The van der Waals surface area contributed by atoms with Crippen molar-refractivity contribution in [2.75, 3.05) is 11.9 Å². The highest BCUT2D eigenvalue weighted by atomic mass is 35.5. The van der Waals surface area contributed by atoms with Gasteiger partial charge in [0.25, 0.3) is 5.91 Å². The average molecular weight is 371 g/mol. The zero-order valence-electron chi connectivity index (χ0n) is 13.1. The Morgan fingerprint density at radius 3 is 2.44 bits per heavy atom. The SMILES string of the molecule is Cc1ccccc1C(=O)NCC(=O)Nc1cc(C(F)(F)F)ccc1Cl. The summed E-state index contributed by atoms with van der Waals surface area (Å²) in [5, 5.41) is 4.63. The number of carbonyl (C=O) groups is 2. The number of rotatable bonds is 4. The quantitative estimate of drug-likeness (QED) is 0.853. The molecule has 0 saturated carbocycles. The van der Waals surface area contributed by atoms with Crippen molar-refractivity contribution in [2.24, 2.45) is 0 Å². The molecule has 25 heavy (non-hydrogen) atoms. The Hall–Kier alpha value is -2.54. The second-order valence-electron chi connectivity index (χ2n) is 5.24. The van der Waals surface area contributed by atoms with Crippen LogP contribution in [0.5, 0.6) is 0 Å². The predicted molar refractivity (Wildman–Crippen MR) is 88.6 cm³/mol. The van der Waals surface area contributed by atoms with Crippen LogP contribution in [0, 0.1) is 6.92 Å². The van der Waals surface area contributed by atoms with Crippen molar-refractivity contribution in [3.63, 3.8) is 0 Å². The zero-order chi connectivity index (χ0) is 18.6. The number of benzene rings is 2. The van der Waals surface area contributed by atoms with E-state index in [2.05, 4.69) is 10.6 Å². The molecule has 0 aliphatic carbocycles. The molecule has 0 saturated heterocycles. The van der Waals surface area contributed by atoms with Gasteiger partial charge in [-0.05, 0) is 36.8 Å². The summed E-state index contributed by atoms with van der Waals surface area (Å²) in [6.07, 6.45) is -4.55. The van der Waals surface area contributed by atoms with Crippen LogP contribution in [-0.2, 0) is 11.0 Å². The van der Waals surface area contributed by atoms with Crippen LogP contribution in [0.3, 0.4) is 0 Å². The van der Waals surface area contributed by atoms with Crippen LogP contribution in [0.25, 0.3) is 0 Å². The van der Waals surface area contributed by atoms with Crippen molar-refractivity contribution >= 4 is 29.1 Å². The van der Waals surface area contributed by atoms with Crippen LogP contribution in [0.4, 0.5) is 18.9 Å². The first-order valence-corrected chi connectivity index (χ1v) is 7.56. The van der Waals surface area contributed by atoms with Gasteiger partial charge in [-0.15, -0.1) is 0 Å². The lowest BCUT2D eigenvalue weighted by Gasteiger charge is -2.12. The van der Waals surface area contributed by atoms with E-state index in [0.717, 1.165) is 23.8 Å². The summed E-state index contributed by atoms with van der Waals surface area (Å²) >= 11 is 5.80. The second-order valence-corrected chi connectivity index (χ2v) is 5.65. The van der Waals surface area contributed by atoms with E-state index in [1.165, 1.54) is 0 Å². The van der Waals surface area contributed by atoms with E-state index in [1.807, 2.05) is 0 Å². The lowest BCUT2D eigenvalue weighted by Crippen LogP contribution is -2.33. The molecule has 0 spiro atoms. The van der Waals surface area contributed by atoms with Gasteiger partial charge in [0.05, 0.1) is 22.8 Å². The maximum Gasteiger partial charge on any atom is 0.416 e. The summed E-state index contributed by atoms with van der Waals surface area (Å²) in [6.45, 7) is 1.34. The number of carbonyl (C=O) groups excluding carboxylic acids is 2. The molecule has 2 rings (SSSR count). The van der Waals surface area contributed by atoms with Gasteiger partial charge in [-0.3, -0.25) is 9.59 Å². The Morgan fingerprint density at radius 2 is 1.80 bits per heavy atom. The first-order valence-electron chi connectivity index (χ1n) is 7.19. The standard InChI is InChI=1S/C17H14ClF3N2O2/c1-10-4-2-3-5-12(10)16(25)22-9-15(24)23-14-8-11(17(19,20)21)6-7-13(14)18/h2-8H,9H2,1H3,(H,22,25)(H,23,24). The van der Waals surface area contributed by atoms with Crippen LogP contribution < -0.4 is 10.6 Å². The molecule has 0 radical (unpaired) electrons. The van der Waals surface area contributed by atoms with Gasteiger partial charge >= 0.3 is 6.18 Å². The van der Waals surface area contributed by atoms with Crippen LogP contribution >= 0.6 is 11.6 Å². The predicted octanol–water partition coefficient (Wildman–Crippen LogP) is 4.04. The molecule has 2 amide bonds. The molecule has 2 N–H and O–H groups in total. The molecule has 0 aliphatic rings. The van der Waals surface area contributed by atoms with Crippen molar-refractivity contribution in [2.45, 2.75) is 13.1 Å². The van der Waals surface area contributed by atoms with E-state index in [0.29, 0.717) is 5.56 Å². The summed E-state index contributed by atoms with van der Waals surface area (Å²) in [6, 6.07) is 9.41. The Kier molecular flexibility index (Phi) is 5.69. The fourth-order valence-corrected chi connectivity index (χ4v) is 2.24. The van der Waals surface area contributed by atoms with E-state index in [4.69, 9.17) is 11.6 Å². The van der Waals surface area contributed by atoms with Gasteiger partial charge in [0.2, 0.25) is 5.91 Å². The van der Waals surface area contributed by atoms with E-state index >= 15 is 0 Å². The molecular formula is C17H14ClF3N2O2. The van der Waals surface area contributed by atoms with E-state index in [-0.39, 0.29) is 10.7 Å². The molecular weight excluding hydrogens is 357 g/mol. The fourth-order valence-electron chi connectivity index (χ4n) is 2.08. The minimum atomic E-state index is -4.55. The maximum absolute atomic E-state index is 12.7. The Labute approximate surface area is 147 Å². The number of amides is 2. The topological polar surface area (TPSA) is 58.2 Å². The number of hydrogen-bond donors (Lipinski definition) is 2. The lowest BCUT2D eigenvalue weighted by molar-refractivity contribution is -0.137. The van der Waals surface area contributed by atoms with E-state index < -0.39 is 30.1 Å². The van der Waals surface area contributed by atoms with Gasteiger partial charge in [-0.2, -0.15) is 13.2 Å². The molecule has 4 nitrogen and oxygen atoms in total. The fraction of sp³-hybridized carbons (Fsp3) is 0.176. The highest BCUT2D eigenvalue weighted by Gasteiger charge is 2.31. The molecule has 2 aromatic carbocycles. The third-order valence-corrected chi connectivity index (χ3v) is 3.70. The summed E-state index contributed by atoms with van der Waals surface area (Å²) < 4.78 is 38.1. The van der Waals surface area contributed by atoms with Gasteiger partial charge in [0.1, 0.15) is 0 Å². The third kappa shape index (κ3) is 4.96. The molecule has 0 heterocycles. The minimum absolute atomic E-state index is 0.0356. The first-order chi connectivity index (χ1) is 11.7. The van der Waals surface area contributed by atoms with Crippen molar-refractivity contribution < 1.29 is 22.8 Å². The average Bonchev–Trinajstić information content (AvgIpc) is 2.54. The van der Waals surface area contributed by atoms with Gasteiger partial charge < -0.3 is 10.6 Å². The molecule has 0 bridgehead atoms. The lowest BCUT2D eigenvalue weighted by atomic mass is 10.1. The highest BCUT2D eigenvalue weighted by Crippen LogP contribution is 2.33. The summed E-state index contributed by atoms with van der Waals surface area (Å²) in [5.74, 6) is -1.15. The van der Waals surface area contributed by atoms with Crippen LogP contribution in [0.2, 0.25) is 5.02 Å². The molecule has 8 heteroatoms. The van der Waals surface area contributed by atoms with Gasteiger partial charge in [-0.25, -0.2) is 0 Å². The summed E-state index contributed by atoms with van der Waals surface area (Å²) in [4.78, 5) is 23.9. The van der Waals surface area contributed by atoms with E-state index in [1.54, 1.807) is 31.2 Å². The first kappa shape index (κ1) is 18.8. The number of alkyl halides is 3. The largest absolute Gasteiger partial charge is 0.416 e. The van der Waals surface area contributed by atoms with Crippen molar-refractivity contribution in [1.29, 1.82) is 0 Å². The molecule has 0 aliphatic heterocycles. The number of anilines is 1. The highest BCUT2D eigenvalue weighted by molar-refractivity contribution is 6.33. The zero-order valence-corrected chi connectivity index (χ0v) is 13.8. The molecule has 2 aromatic rings.